The number of hydrogen-bond donors (Lipinski definition) is 1. The average Bonchev–Trinajstić information content (AvgIpc) is 2.96. The topological polar surface area (TPSA) is 50.7 Å². The molecule has 1 unspecified atom stereocenters. The van der Waals surface area contributed by atoms with Crippen LogP contribution < -0.4 is 5.73 Å². The normalized spacial score (nSPS) is 15.8. The van der Waals surface area contributed by atoms with E-state index in [-0.39, 0.29) is 0 Å². The monoisotopic (exact) mass is 559 g/mol. The quantitative estimate of drug-likeness (QED) is 0.186. The summed E-state index contributed by atoms with van der Waals surface area (Å²) in [7, 11) is 0. The minimum absolute atomic E-state index is 0.485. The van der Waals surface area contributed by atoms with E-state index in [1.54, 1.807) is 0 Å². The highest BCUT2D eigenvalue weighted by Gasteiger charge is 2.11. The molecule has 0 bridgehead atoms. The van der Waals surface area contributed by atoms with Gasteiger partial charge < -0.3 is 5.73 Å². The second-order valence-electron chi connectivity index (χ2n) is 9.53. The van der Waals surface area contributed by atoms with Crippen LogP contribution >= 0.6 is 15.9 Å². The zero-order valence-corrected chi connectivity index (χ0v) is 23.0. The van der Waals surface area contributed by atoms with Gasteiger partial charge in [-0.2, -0.15) is 0 Å². The summed E-state index contributed by atoms with van der Waals surface area (Å²) in [5.41, 5.74) is 14.0. The first kappa shape index (κ1) is 25.6. The summed E-state index contributed by atoms with van der Waals surface area (Å²) in [6.07, 6.45) is 7.35. The maximum Gasteiger partial charge on any atom is 0.157 e. The number of benzene rings is 4. The molecule has 0 aromatic heterocycles. The summed E-state index contributed by atoms with van der Waals surface area (Å²) in [5.74, 6) is 1.62. The maximum absolute atomic E-state index is 6.50. The van der Waals surface area contributed by atoms with Crippen LogP contribution in [0.4, 0.5) is 0 Å². The van der Waals surface area contributed by atoms with Crippen LogP contribution in [0.25, 0.3) is 22.3 Å². The molecule has 0 spiro atoms. The van der Waals surface area contributed by atoms with Crippen molar-refractivity contribution in [3.63, 3.8) is 0 Å². The van der Waals surface area contributed by atoms with E-state index < -0.39 is 0 Å². The van der Waals surface area contributed by atoms with Crippen molar-refractivity contribution in [3.8, 4) is 22.3 Å². The molecule has 0 radical (unpaired) electrons. The molecule has 0 amide bonds. The number of nitrogens with two attached hydrogens (primary N) is 1. The van der Waals surface area contributed by atoms with Crippen molar-refractivity contribution in [1.82, 2.24) is 0 Å². The molecule has 38 heavy (non-hydrogen) atoms. The maximum atomic E-state index is 6.50. The van der Waals surface area contributed by atoms with Crippen LogP contribution in [0, 0.1) is 5.92 Å². The lowest BCUT2D eigenvalue weighted by Crippen LogP contribution is -2.18. The second kappa shape index (κ2) is 12.0. The molecular weight excluding hydrogens is 530 g/mol. The fourth-order valence-corrected chi connectivity index (χ4v) is 4.92. The van der Waals surface area contributed by atoms with Gasteiger partial charge >= 0.3 is 0 Å². The van der Waals surface area contributed by atoms with Crippen LogP contribution in [0.3, 0.4) is 0 Å². The van der Waals surface area contributed by atoms with Gasteiger partial charge in [-0.15, -0.1) is 0 Å². The fourth-order valence-electron chi connectivity index (χ4n) is 4.43. The van der Waals surface area contributed by atoms with E-state index in [1.165, 1.54) is 5.56 Å². The van der Waals surface area contributed by atoms with Crippen molar-refractivity contribution in [2.75, 3.05) is 0 Å². The van der Waals surface area contributed by atoms with Gasteiger partial charge in [-0.25, -0.2) is 4.99 Å². The van der Waals surface area contributed by atoms with E-state index in [9.17, 15) is 0 Å². The lowest BCUT2D eigenvalue weighted by molar-refractivity contribution is 0.734. The predicted octanol–water partition coefficient (Wildman–Crippen LogP) is 8.61. The number of halogens is 1. The van der Waals surface area contributed by atoms with Gasteiger partial charge in [-0.3, -0.25) is 4.99 Å². The van der Waals surface area contributed by atoms with Crippen LogP contribution in [0.5, 0.6) is 0 Å². The number of aliphatic imine (C=N–C) groups is 2. The lowest BCUT2D eigenvalue weighted by atomic mass is 9.97. The summed E-state index contributed by atoms with van der Waals surface area (Å²) in [4.78, 5) is 9.76. The lowest BCUT2D eigenvalue weighted by Gasteiger charge is -2.13. The Kier molecular flexibility index (Phi) is 8.10. The van der Waals surface area contributed by atoms with Gasteiger partial charge in [0.2, 0.25) is 0 Å². The number of hydrogen-bond acceptors (Lipinski definition) is 1. The molecule has 0 heterocycles. The molecule has 0 fully saturated rings. The van der Waals surface area contributed by atoms with Gasteiger partial charge in [0.1, 0.15) is 5.84 Å². The first-order valence-electron chi connectivity index (χ1n) is 12.8. The smallest absolute Gasteiger partial charge is 0.157 e. The number of amidine groups is 2. The summed E-state index contributed by atoms with van der Waals surface area (Å²) >= 11 is 3.71. The third kappa shape index (κ3) is 6.45. The van der Waals surface area contributed by atoms with Gasteiger partial charge in [-0.05, 0) is 64.4 Å². The standard InChI is InChI=1S/C34H30BrN3/c1-24-15-17-27(18-16-24)33(36)38-34(37-23-25-9-4-2-5-10-25)29-14-8-13-28(19-29)31-20-30(21-32(35)22-31)26-11-6-3-7-12-26/h2-15,17-22,24H,16,23H2,1H3,(H2,36,37,38). The molecule has 4 heteroatoms. The molecule has 3 nitrogen and oxygen atoms in total. The molecule has 0 aliphatic heterocycles. The zero-order chi connectivity index (χ0) is 26.3. The number of nitrogens with zero attached hydrogens (tertiary/aromatic N) is 2. The molecular formula is C34H30BrN3. The molecule has 1 atom stereocenters. The van der Waals surface area contributed by atoms with Crippen molar-refractivity contribution >= 4 is 27.6 Å². The number of allylic oxidation sites excluding steroid dienone is 2. The van der Waals surface area contributed by atoms with Crippen LogP contribution in [0.2, 0.25) is 0 Å². The molecule has 0 saturated carbocycles. The van der Waals surface area contributed by atoms with E-state index in [1.807, 2.05) is 30.3 Å². The van der Waals surface area contributed by atoms with Gasteiger partial charge in [0.05, 0.1) is 6.54 Å². The first-order chi connectivity index (χ1) is 18.5. The highest BCUT2D eigenvalue weighted by molar-refractivity contribution is 9.10. The third-order valence-corrected chi connectivity index (χ3v) is 7.01. The summed E-state index contributed by atoms with van der Waals surface area (Å²) in [5, 5.41) is 0. The minimum atomic E-state index is 0.485. The molecule has 1 aliphatic rings. The summed E-state index contributed by atoms with van der Waals surface area (Å²) in [6.45, 7) is 2.72. The van der Waals surface area contributed by atoms with Crippen LogP contribution in [0.1, 0.15) is 24.5 Å². The molecule has 4 aromatic rings. The van der Waals surface area contributed by atoms with Gasteiger partial charge in [-0.1, -0.05) is 120 Å². The van der Waals surface area contributed by atoms with E-state index in [4.69, 9.17) is 15.7 Å². The predicted molar refractivity (Wildman–Crippen MR) is 164 cm³/mol. The van der Waals surface area contributed by atoms with Gasteiger partial charge in [0, 0.05) is 15.6 Å². The van der Waals surface area contributed by atoms with E-state index in [2.05, 4.69) is 114 Å². The SMILES string of the molecule is CC1C=CC(C(N)=NC(=NCc2ccccc2)c2cccc(-c3cc(Br)cc(-c4ccccc4)c3)c2)=CC1. The molecule has 1 aliphatic carbocycles. The highest BCUT2D eigenvalue weighted by Crippen LogP contribution is 2.31. The Morgan fingerprint density at radius 1 is 0.816 bits per heavy atom. The van der Waals surface area contributed by atoms with E-state index in [0.29, 0.717) is 24.1 Å². The summed E-state index contributed by atoms with van der Waals surface area (Å²) < 4.78 is 1.03. The molecule has 188 valence electrons. The zero-order valence-electron chi connectivity index (χ0n) is 21.4. The second-order valence-corrected chi connectivity index (χ2v) is 10.4. The Morgan fingerprint density at radius 2 is 1.50 bits per heavy atom. The van der Waals surface area contributed by atoms with Crippen molar-refractivity contribution in [1.29, 1.82) is 0 Å². The molecule has 4 aromatic carbocycles. The minimum Gasteiger partial charge on any atom is -0.383 e. The summed E-state index contributed by atoms with van der Waals surface area (Å²) in [6, 6.07) is 35.5. The first-order valence-corrected chi connectivity index (χ1v) is 13.6. The van der Waals surface area contributed by atoms with Crippen LogP contribution in [-0.2, 0) is 6.54 Å². The Morgan fingerprint density at radius 3 is 2.21 bits per heavy atom. The van der Waals surface area contributed by atoms with Crippen molar-refractivity contribution < 1.29 is 0 Å². The Labute approximate surface area is 233 Å². The van der Waals surface area contributed by atoms with Crippen LogP contribution in [0.15, 0.2) is 141 Å². The molecule has 2 N–H and O–H groups in total. The Bertz CT molecular complexity index is 1530. The van der Waals surface area contributed by atoms with E-state index >= 15 is 0 Å². The van der Waals surface area contributed by atoms with Crippen LogP contribution in [-0.4, -0.2) is 11.7 Å². The molecule has 0 saturated heterocycles. The Balaban J connectivity index is 1.53. The highest BCUT2D eigenvalue weighted by atomic mass is 79.9. The number of rotatable bonds is 6. The van der Waals surface area contributed by atoms with Crippen molar-refractivity contribution in [3.05, 3.63) is 143 Å². The van der Waals surface area contributed by atoms with Crippen molar-refractivity contribution in [2.45, 2.75) is 19.9 Å². The Hall–Kier alpha value is -4.02. The largest absolute Gasteiger partial charge is 0.383 e. The van der Waals surface area contributed by atoms with E-state index in [0.717, 1.165) is 44.3 Å². The average molecular weight is 561 g/mol. The third-order valence-electron chi connectivity index (χ3n) is 6.55. The van der Waals surface area contributed by atoms with Gasteiger partial charge in [0.25, 0.3) is 0 Å². The molecule has 5 rings (SSSR count). The fraction of sp³-hybridized carbons (Fsp3) is 0.118. The van der Waals surface area contributed by atoms with Crippen molar-refractivity contribution in [2.24, 2.45) is 21.6 Å². The van der Waals surface area contributed by atoms with Gasteiger partial charge in [0.15, 0.2) is 5.84 Å².